The van der Waals surface area contributed by atoms with Crippen LogP contribution in [-0.4, -0.2) is 13.0 Å². The zero-order valence-corrected chi connectivity index (χ0v) is 18.1. The van der Waals surface area contributed by atoms with Crippen molar-refractivity contribution >= 4 is 23.0 Å². The molecule has 150 valence electrons. The molecule has 3 aromatic carbocycles. The van der Waals surface area contributed by atoms with E-state index in [-0.39, 0.29) is 0 Å². The Balaban J connectivity index is 2.22. The number of hydrogen-bond acceptors (Lipinski definition) is 1. The Bertz CT molecular complexity index is 920. The number of nitrogens with one attached hydrogen (secondary N) is 1. The minimum atomic E-state index is 0.352. The molecular formula is C26H31N3. The molecule has 0 atom stereocenters. The summed E-state index contributed by atoms with van der Waals surface area (Å²) < 4.78 is 0. The van der Waals surface area contributed by atoms with Gasteiger partial charge in [-0.25, -0.2) is 0 Å². The third kappa shape index (κ3) is 4.34. The van der Waals surface area contributed by atoms with Crippen LogP contribution in [0, 0.1) is 5.41 Å². The Labute approximate surface area is 175 Å². The topological polar surface area (TPSA) is 30.3 Å². The maximum atomic E-state index is 9.19. The second-order valence-electron chi connectivity index (χ2n) is 7.98. The van der Waals surface area contributed by atoms with Crippen LogP contribution in [0.3, 0.4) is 0 Å². The van der Waals surface area contributed by atoms with Gasteiger partial charge in [0.1, 0.15) is 0 Å². The smallest absolute Gasteiger partial charge is 0.207 e. The first-order chi connectivity index (χ1) is 13.9. The van der Waals surface area contributed by atoms with Gasteiger partial charge in [-0.2, -0.15) is 0 Å². The number of para-hydroxylation sites is 3. The molecule has 0 unspecified atom stereocenters. The van der Waals surface area contributed by atoms with E-state index in [1.165, 1.54) is 11.1 Å². The molecule has 0 radical (unpaired) electrons. The molecule has 0 bridgehead atoms. The number of anilines is 3. The quantitative estimate of drug-likeness (QED) is 0.373. The van der Waals surface area contributed by atoms with Gasteiger partial charge in [0, 0.05) is 18.4 Å². The minimum Gasteiger partial charge on any atom is -0.315 e. The maximum absolute atomic E-state index is 9.19. The summed E-state index contributed by atoms with van der Waals surface area (Å²) in [6.45, 7) is 8.88. The van der Waals surface area contributed by atoms with Crippen molar-refractivity contribution in [3.8, 4) is 0 Å². The summed E-state index contributed by atoms with van der Waals surface area (Å²) in [6, 6.07) is 26.9. The van der Waals surface area contributed by atoms with E-state index in [0.29, 0.717) is 17.8 Å². The van der Waals surface area contributed by atoms with E-state index >= 15 is 0 Å². The van der Waals surface area contributed by atoms with E-state index in [1.54, 1.807) is 0 Å². The normalized spacial score (nSPS) is 11.0. The molecule has 0 fully saturated rings. The van der Waals surface area contributed by atoms with Gasteiger partial charge in [-0.15, -0.1) is 0 Å². The zero-order valence-electron chi connectivity index (χ0n) is 18.1. The number of benzene rings is 3. The predicted molar refractivity (Wildman–Crippen MR) is 126 cm³/mol. The number of guanidine groups is 1. The Hall–Kier alpha value is -3.07. The van der Waals surface area contributed by atoms with Crippen molar-refractivity contribution in [2.45, 2.75) is 39.5 Å². The molecule has 1 N–H and O–H groups in total. The lowest BCUT2D eigenvalue weighted by atomic mass is 9.91. The van der Waals surface area contributed by atoms with Gasteiger partial charge >= 0.3 is 0 Å². The lowest BCUT2D eigenvalue weighted by Gasteiger charge is -2.35. The molecule has 3 aromatic rings. The summed E-state index contributed by atoms with van der Waals surface area (Å²) in [5.41, 5.74) is 5.62. The van der Waals surface area contributed by atoms with Crippen LogP contribution in [0.25, 0.3) is 0 Å². The molecule has 0 saturated carbocycles. The molecule has 0 heterocycles. The van der Waals surface area contributed by atoms with Crippen LogP contribution in [-0.2, 0) is 0 Å². The van der Waals surface area contributed by atoms with Crippen molar-refractivity contribution in [2.24, 2.45) is 0 Å². The predicted octanol–water partition coefficient (Wildman–Crippen LogP) is 7.14. The first-order valence-electron chi connectivity index (χ1n) is 10.3. The average Bonchev–Trinajstić information content (AvgIpc) is 2.74. The van der Waals surface area contributed by atoms with E-state index in [4.69, 9.17) is 0 Å². The molecule has 0 amide bonds. The number of nitrogens with zero attached hydrogens (tertiary/aromatic N) is 2. The molecule has 0 saturated heterocycles. The van der Waals surface area contributed by atoms with Crippen LogP contribution in [0.15, 0.2) is 78.9 Å². The third-order valence-corrected chi connectivity index (χ3v) is 5.25. The van der Waals surface area contributed by atoms with Gasteiger partial charge in [0.25, 0.3) is 0 Å². The largest absolute Gasteiger partial charge is 0.315 e. The molecule has 3 nitrogen and oxygen atoms in total. The van der Waals surface area contributed by atoms with Gasteiger partial charge in [0.05, 0.1) is 5.69 Å². The Morgan fingerprint density at radius 1 is 0.655 bits per heavy atom. The summed E-state index contributed by atoms with van der Waals surface area (Å²) in [5.74, 6) is 1.13. The first-order valence-corrected chi connectivity index (χ1v) is 10.3. The SMILES string of the molecule is CC(C)c1cccc(C(C)C)c1N(C(=N)N(C)c1ccccc1)c1ccccc1. The van der Waals surface area contributed by atoms with Crippen molar-refractivity contribution in [2.75, 3.05) is 16.8 Å². The fourth-order valence-electron chi connectivity index (χ4n) is 3.63. The molecule has 29 heavy (non-hydrogen) atoms. The van der Waals surface area contributed by atoms with Gasteiger partial charge in [0.2, 0.25) is 5.96 Å². The molecule has 0 aliphatic heterocycles. The fraction of sp³-hybridized carbons (Fsp3) is 0.269. The van der Waals surface area contributed by atoms with Gasteiger partial charge in [-0.1, -0.05) is 82.3 Å². The van der Waals surface area contributed by atoms with Crippen LogP contribution in [0.4, 0.5) is 17.1 Å². The van der Waals surface area contributed by atoms with E-state index < -0.39 is 0 Å². The third-order valence-electron chi connectivity index (χ3n) is 5.25. The summed E-state index contributed by atoms with van der Waals surface area (Å²) in [5, 5.41) is 9.19. The van der Waals surface area contributed by atoms with Crippen molar-refractivity contribution in [3.05, 3.63) is 90.0 Å². The van der Waals surface area contributed by atoms with Crippen LogP contribution >= 0.6 is 0 Å². The van der Waals surface area contributed by atoms with E-state index in [0.717, 1.165) is 17.1 Å². The lowest BCUT2D eigenvalue weighted by Crippen LogP contribution is -2.40. The Morgan fingerprint density at radius 2 is 1.10 bits per heavy atom. The molecule has 0 aliphatic rings. The zero-order chi connectivity index (χ0) is 21.0. The fourth-order valence-corrected chi connectivity index (χ4v) is 3.63. The summed E-state index contributed by atoms with van der Waals surface area (Å²) in [6.07, 6.45) is 0. The van der Waals surface area contributed by atoms with Crippen LogP contribution in [0.5, 0.6) is 0 Å². The first kappa shape index (κ1) is 20.7. The monoisotopic (exact) mass is 385 g/mol. The van der Waals surface area contributed by atoms with Crippen molar-refractivity contribution in [1.29, 1.82) is 5.41 Å². The van der Waals surface area contributed by atoms with Crippen molar-refractivity contribution in [3.63, 3.8) is 0 Å². The highest BCUT2D eigenvalue weighted by atomic mass is 15.4. The summed E-state index contributed by atoms with van der Waals surface area (Å²) >= 11 is 0. The Morgan fingerprint density at radius 3 is 1.55 bits per heavy atom. The second kappa shape index (κ2) is 8.95. The highest BCUT2D eigenvalue weighted by Gasteiger charge is 2.26. The number of rotatable bonds is 5. The average molecular weight is 386 g/mol. The lowest BCUT2D eigenvalue weighted by molar-refractivity contribution is 0.831. The van der Waals surface area contributed by atoms with Gasteiger partial charge in [-0.3, -0.25) is 10.3 Å². The van der Waals surface area contributed by atoms with Gasteiger partial charge in [0.15, 0.2) is 0 Å². The van der Waals surface area contributed by atoms with E-state index in [2.05, 4.69) is 62.9 Å². The standard InChI is InChI=1S/C26H31N3/c1-19(2)23-17-12-18-24(20(3)4)25(23)29(22-15-10-7-11-16-22)26(27)28(5)21-13-8-6-9-14-21/h6-20,27H,1-5H3. The van der Waals surface area contributed by atoms with Crippen molar-refractivity contribution < 1.29 is 0 Å². The summed E-state index contributed by atoms with van der Waals surface area (Å²) in [4.78, 5) is 4.03. The molecule has 0 aliphatic carbocycles. The minimum absolute atomic E-state index is 0.352. The number of hydrogen-bond donors (Lipinski definition) is 1. The van der Waals surface area contributed by atoms with Crippen LogP contribution in [0.2, 0.25) is 0 Å². The highest BCUT2D eigenvalue weighted by Crippen LogP contribution is 2.39. The maximum Gasteiger partial charge on any atom is 0.207 e. The molecule has 0 aromatic heterocycles. The highest BCUT2D eigenvalue weighted by molar-refractivity contribution is 6.10. The van der Waals surface area contributed by atoms with Crippen LogP contribution < -0.4 is 9.80 Å². The molecular weight excluding hydrogens is 354 g/mol. The molecule has 3 heteroatoms. The van der Waals surface area contributed by atoms with E-state index in [1.807, 2.05) is 60.5 Å². The second-order valence-corrected chi connectivity index (χ2v) is 7.98. The Kier molecular flexibility index (Phi) is 6.38. The summed E-state index contributed by atoms with van der Waals surface area (Å²) in [7, 11) is 1.96. The molecule has 3 rings (SSSR count). The van der Waals surface area contributed by atoms with Gasteiger partial charge < -0.3 is 4.90 Å². The van der Waals surface area contributed by atoms with Crippen molar-refractivity contribution in [1.82, 2.24) is 0 Å². The molecule has 0 spiro atoms. The van der Waals surface area contributed by atoms with Crippen LogP contribution in [0.1, 0.15) is 50.7 Å². The van der Waals surface area contributed by atoms with E-state index in [9.17, 15) is 5.41 Å². The van der Waals surface area contributed by atoms with Gasteiger partial charge in [-0.05, 0) is 47.2 Å².